The van der Waals surface area contributed by atoms with E-state index in [1.165, 1.54) is 21.3 Å². The normalized spacial score (nSPS) is 17.6. The summed E-state index contributed by atoms with van der Waals surface area (Å²) in [6, 6.07) is 11.5. The van der Waals surface area contributed by atoms with Crippen molar-refractivity contribution in [2.75, 3.05) is 43.1 Å². The topological polar surface area (TPSA) is 96.0 Å². The highest BCUT2D eigenvalue weighted by Crippen LogP contribution is 2.31. The Hall–Kier alpha value is -2.75. The molecule has 2 aliphatic rings. The van der Waals surface area contributed by atoms with Gasteiger partial charge >= 0.3 is 0 Å². The largest absolute Gasteiger partial charge is 0.379 e. The second-order valence-electron chi connectivity index (χ2n) is 6.95. The van der Waals surface area contributed by atoms with Crippen LogP contribution in [0.2, 0.25) is 0 Å². The lowest BCUT2D eigenvalue weighted by Gasteiger charge is -2.30. The molecular weight excluding hydrogens is 394 g/mol. The van der Waals surface area contributed by atoms with Crippen LogP contribution in [0.25, 0.3) is 0 Å². The van der Waals surface area contributed by atoms with Gasteiger partial charge in [-0.1, -0.05) is 18.2 Å². The van der Waals surface area contributed by atoms with Gasteiger partial charge in [-0.25, -0.2) is 8.42 Å². The first-order valence-electron chi connectivity index (χ1n) is 9.27. The third-order valence-corrected chi connectivity index (χ3v) is 6.96. The second kappa shape index (κ2) is 7.58. The Morgan fingerprint density at radius 2 is 1.83 bits per heavy atom. The van der Waals surface area contributed by atoms with Crippen LogP contribution < -0.4 is 10.2 Å². The van der Waals surface area contributed by atoms with Gasteiger partial charge in [-0.2, -0.15) is 4.31 Å². The standard InChI is InChI=1S/C20H21N3O5S/c1-14-6-7-15(29(26,27)22-8-10-28-11-9-22)12-16(14)20(25)23-13-19(24)21-17-4-2-3-5-18(17)23/h2-7,12H,8-11,13H2,1H3,(H,21,24). The summed E-state index contributed by atoms with van der Waals surface area (Å²) in [5, 5.41) is 2.74. The summed E-state index contributed by atoms with van der Waals surface area (Å²) in [5.41, 5.74) is 2.02. The Morgan fingerprint density at radius 1 is 1.10 bits per heavy atom. The maximum atomic E-state index is 13.3. The zero-order chi connectivity index (χ0) is 20.6. The first kappa shape index (κ1) is 19.6. The van der Waals surface area contributed by atoms with E-state index < -0.39 is 15.9 Å². The number of nitrogens with zero attached hydrogens (tertiary/aromatic N) is 2. The van der Waals surface area contributed by atoms with Crippen molar-refractivity contribution in [3.63, 3.8) is 0 Å². The van der Waals surface area contributed by atoms with Crippen LogP contribution in [0.3, 0.4) is 0 Å². The van der Waals surface area contributed by atoms with Crippen molar-refractivity contribution in [1.82, 2.24) is 4.31 Å². The zero-order valence-corrected chi connectivity index (χ0v) is 16.7. The van der Waals surface area contributed by atoms with Gasteiger partial charge in [0.1, 0.15) is 6.54 Å². The summed E-state index contributed by atoms with van der Waals surface area (Å²) in [4.78, 5) is 26.8. The van der Waals surface area contributed by atoms with Crippen molar-refractivity contribution in [1.29, 1.82) is 0 Å². The maximum Gasteiger partial charge on any atom is 0.259 e. The van der Waals surface area contributed by atoms with E-state index in [-0.39, 0.29) is 36.0 Å². The number of anilines is 2. The van der Waals surface area contributed by atoms with Crippen molar-refractivity contribution >= 4 is 33.2 Å². The first-order chi connectivity index (χ1) is 13.9. The van der Waals surface area contributed by atoms with Gasteiger partial charge in [-0.15, -0.1) is 0 Å². The Kier molecular flexibility index (Phi) is 5.12. The molecule has 0 saturated carbocycles. The predicted molar refractivity (Wildman–Crippen MR) is 108 cm³/mol. The van der Waals surface area contributed by atoms with Crippen molar-refractivity contribution < 1.29 is 22.7 Å². The smallest absolute Gasteiger partial charge is 0.259 e. The minimum Gasteiger partial charge on any atom is -0.379 e. The minimum absolute atomic E-state index is 0.0584. The van der Waals surface area contributed by atoms with E-state index in [4.69, 9.17) is 4.74 Å². The molecule has 0 atom stereocenters. The van der Waals surface area contributed by atoms with Crippen molar-refractivity contribution in [3.8, 4) is 0 Å². The van der Waals surface area contributed by atoms with Crippen LogP contribution in [0.4, 0.5) is 11.4 Å². The summed E-state index contributed by atoms with van der Waals surface area (Å²) in [6.07, 6.45) is 0. The molecule has 8 nitrogen and oxygen atoms in total. The van der Waals surface area contributed by atoms with Crippen LogP contribution in [-0.2, 0) is 19.6 Å². The van der Waals surface area contributed by atoms with Crippen molar-refractivity contribution in [3.05, 3.63) is 53.6 Å². The SMILES string of the molecule is Cc1ccc(S(=O)(=O)N2CCOCC2)cc1C(=O)N1CC(=O)Nc2ccccc21. The summed E-state index contributed by atoms with van der Waals surface area (Å²) >= 11 is 0. The van der Waals surface area contributed by atoms with Gasteiger partial charge in [0.05, 0.1) is 29.5 Å². The molecule has 0 aliphatic carbocycles. The number of aryl methyl sites for hydroxylation is 1. The third kappa shape index (κ3) is 3.64. The Balaban J connectivity index is 1.72. The fourth-order valence-corrected chi connectivity index (χ4v) is 4.92. The molecule has 2 amide bonds. The molecule has 2 aromatic rings. The molecule has 1 N–H and O–H groups in total. The Bertz CT molecular complexity index is 1080. The van der Waals surface area contributed by atoms with Crippen LogP contribution in [-0.4, -0.2) is 57.4 Å². The van der Waals surface area contributed by atoms with Gasteiger partial charge in [-0.05, 0) is 36.8 Å². The fourth-order valence-electron chi connectivity index (χ4n) is 3.49. The number of sulfonamides is 1. The summed E-state index contributed by atoms with van der Waals surface area (Å²) in [5.74, 6) is -0.712. The lowest BCUT2D eigenvalue weighted by Crippen LogP contribution is -2.42. The van der Waals surface area contributed by atoms with Crippen LogP contribution in [0, 0.1) is 6.92 Å². The number of carbonyl (C=O) groups excluding carboxylic acids is 2. The molecule has 0 unspecified atom stereocenters. The molecule has 0 radical (unpaired) electrons. The molecule has 0 spiro atoms. The molecule has 0 aromatic heterocycles. The minimum atomic E-state index is -3.73. The highest BCUT2D eigenvalue weighted by molar-refractivity contribution is 7.89. The highest BCUT2D eigenvalue weighted by atomic mass is 32.2. The van der Waals surface area contributed by atoms with Crippen LogP contribution in [0.5, 0.6) is 0 Å². The molecule has 1 saturated heterocycles. The summed E-state index contributed by atoms with van der Waals surface area (Å²) in [7, 11) is -3.73. The van der Waals surface area contributed by atoms with Crippen molar-refractivity contribution in [2.45, 2.75) is 11.8 Å². The number of benzene rings is 2. The number of para-hydroxylation sites is 2. The Labute approximate surface area is 169 Å². The average molecular weight is 415 g/mol. The maximum absolute atomic E-state index is 13.3. The van der Waals surface area contributed by atoms with E-state index in [1.807, 2.05) is 0 Å². The zero-order valence-electron chi connectivity index (χ0n) is 15.9. The molecule has 152 valence electrons. The molecule has 2 aromatic carbocycles. The molecular formula is C20H21N3O5S. The van der Waals surface area contributed by atoms with Gasteiger partial charge in [0, 0.05) is 18.7 Å². The predicted octanol–water partition coefficient (Wildman–Crippen LogP) is 1.61. The number of nitrogens with one attached hydrogen (secondary N) is 1. The van der Waals surface area contributed by atoms with Crippen LogP contribution in [0.15, 0.2) is 47.4 Å². The fraction of sp³-hybridized carbons (Fsp3) is 0.300. The summed E-state index contributed by atoms with van der Waals surface area (Å²) in [6.45, 7) is 2.86. The van der Waals surface area contributed by atoms with Crippen LogP contribution >= 0.6 is 0 Å². The van der Waals surface area contributed by atoms with Gasteiger partial charge in [0.15, 0.2) is 0 Å². The molecule has 4 rings (SSSR count). The Morgan fingerprint density at radius 3 is 2.59 bits per heavy atom. The van der Waals surface area contributed by atoms with Gasteiger partial charge in [0.2, 0.25) is 15.9 Å². The van der Waals surface area contributed by atoms with E-state index in [9.17, 15) is 18.0 Å². The van der Waals surface area contributed by atoms with E-state index in [2.05, 4.69) is 5.32 Å². The average Bonchev–Trinajstić information content (AvgIpc) is 2.73. The quantitative estimate of drug-likeness (QED) is 0.822. The number of morpholine rings is 1. The van der Waals surface area contributed by atoms with E-state index in [0.717, 1.165) is 0 Å². The monoisotopic (exact) mass is 415 g/mol. The highest BCUT2D eigenvalue weighted by Gasteiger charge is 2.31. The number of rotatable bonds is 3. The lowest BCUT2D eigenvalue weighted by atomic mass is 10.1. The summed E-state index contributed by atoms with van der Waals surface area (Å²) < 4.78 is 32.6. The number of amides is 2. The molecule has 9 heteroatoms. The first-order valence-corrected chi connectivity index (χ1v) is 10.7. The van der Waals surface area contributed by atoms with Gasteiger partial charge in [-0.3, -0.25) is 14.5 Å². The van der Waals surface area contributed by atoms with Gasteiger partial charge in [0.25, 0.3) is 5.91 Å². The number of carbonyl (C=O) groups is 2. The lowest BCUT2D eigenvalue weighted by molar-refractivity contribution is -0.115. The number of hydrogen-bond donors (Lipinski definition) is 1. The molecule has 29 heavy (non-hydrogen) atoms. The molecule has 2 heterocycles. The molecule has 2 aliphatic heterocycles. The van der Waals surface area contributed by atoms with Gasteiger partial charge < -0.3 is 10.1 Å². The molecule has 0 bridgehead atoms. The van der Waals surface area contributed by atoms with Crippen LogP contribution in [0.1, 0.15) is 15.9 Å². The molecule has 1 fully saturated rings. The number of fused-ring (bicyclic) bond motifs is 1. The van der Waals surface area contributed by atoms with E-state index in [1.54, 1.807) is 37.3 Å². The number of ether oxygens (including phenoxy) is 1. The van der Waals surface area contributed by atoms with E-state index >= 15 is 0 Å². The number of hydrogen-bond acceptors (Lipinski definition) is 5. The van der Waals surface area contributed by atoms with Crippen molar-refractivity contribution in [2.24, 2.45) is 0 Å². The van der Waals surface area contributed by atoms with E-state index in [0.29, 0.717) is 30.2 Å². The second-order valence-corrected chi connectivity index (χ2v) is 8.89. The third-order valence-electron chi connectivity index (χ3n) is 5.06.